The van der Waals surface area contributed by atoms with Crippen LogP contribution in [0, 0.1) is 5.41 Å². The van der Waals surface area contributed by atoms with E-state index in [1.54, 1.807) is 50.3 Å². The fourth-order valence-electron chi connectivity index (χ4n) is 3.19. The SMILES string of the molecule is CC1=[C]([Zr+2])C(C)(C2=CC=CC2)C2=C1CC2.[Cl-].[Cl-]. The standard InChI is InChI=1S/C14H15.2ClH.Zr/c1-10-9-14(2,11-5-3-4-6-11)13-8-7-12(10)13;;;/h3-5H,6-8H2,1-2H3;2*1H;/q;;;+2/p-2. The van der Waals surface area contributed by atoms with Crippen molar-refractivity contribution in [2.24, 2.45) is 5.41 Å². The maximum atomic E-state index is 2.45. The van der Waals surface area contributed by atoms with E-state index in [1.165, 1.54) is 19.3 Å². The molecule has 3 aliphatic rings. The summed E-state index contributed by atoms with van der Waals surface area (Å²) in [6.45, 7) is 4.77. The van der Waals surface area contributed by atoms with Gasteiger partial charge in [0.25, 0.3) is 0 Å². The maximum Gasteiger partial charge on any atom is -1.00 e. The van der Waals surface area contributed by atoms with Crippen molar-refractivity contribution in [2.75, 3.05) is 0 Å². The predicted octanol–water partition coefficient (Wildman–Crippen LogP) is -2.19. The Kier molecular flexibility index (Phi) is 4.73. The second kappa shape index (κ2) is 5.19. The van der Waals surface area contributed by atoms with Crippen LogP contribution in [-0.2, 0) is 24.7 Å². The van der Waals surface area contributed by atoms with Crippen LogP contribution in [0.4, 0.5) is 0 Å². The van der Waals surface area contributed by atoms with Gasteiger partial charge in [0.05, 0.1) is 0 Å². The first-order chi connectivity index (χ1) is 7.15. The summed E-state index contributed by atoms with van der Waals surface area (Å²) < 4.78 is 1.69. The fraction of sp³-hybridized carbons (Fsp3) is 0.429. The Morgan fingerprint density at radius 1 is 1.24 bits per heavy atom. The van der Waals surface area contributed by atoms with E-state index in [2.05, 4.69) is 32.1 Å². The Bertz CT molecular complexity index is 455. The smallest absolute Gasteiger partial charge is 1.00 e. The Labute approximate surface area is 131 Å². The van der Waals surface area contributed by atoms with Gasteiger partial charge in [-0.15, -0.1) is 0 Å². The summed E-state index contributed by atoms with van der Waals surface area (Å²) in [6.07, 6.45) is 10.7. The van der Waals surface area contributed by atoms with Gasteiger partial charge in [-0.1, -0.05) is 0 Å². The van der Waals surface area contributed by atoms with Crippen LogP contribution >= 0.6 is 0 Å². The Morgan fingerprint density at radius 2 is 1.94 bits per heavy atom. The minimum atomic E-state index is 0. The van der Waals surface area contributed by atoms with E-state index in [9.17, 15) is 0 Å². The van der Waals surface area contributed by atoms with Gasteiger partial charge in [-0.3, -0.25) is 0 Å². The molecule has 0 aromatic heterocycles. The molecule has 0 spiro atoms. The maximum absolute atomic E-state index is 2.45. The van der Waals surface area contributed by atoms with E-state index >= 15 is 0 Å². The first kappa shape index (κ1) is 15.5. The fourth-order valence-corrected chi connectivity index (χ4v) is 4.33. The monoisotopic (exact) mass is 343 g/mol. The average molecular weight is 345 g/mol. The molecule has 0 N–H and O–H groups in total. The molecule has 17 heavy (non-hydrogen) atoms. The molecule has 0 radical (unpaired) electrons. The van der Waals surface area contributed by atoms with E-state index in [0.29, 0.717) is 5.41 Å². The van der Waals surface area contributed by atoms with E-state index in [0.717, 1.165) is 0 Å². The largest absolute Gasteiger partial charge is 1.00 e. The van der Waals surface area contributed by atoms with Gasteiger partial charge in [-0.2, -0.15) is 0 Å². The van der Waals surface area contributed by atoms with Gasteiger partial charge in [0.1, 0.15) is 0 Å². The van der Waals surface area contributed by atoms with Crippen LogP contribution in [0.1, 0.15) is 33.1 Å². The van der Waals surface area contributed by atoms with Crippen LogP contribution in [0.15, 0.2) is 43.8 Å². The van der Waals surface area contributed by atoms with Gasteiger partial charge in [0.2, 0.25) is 0 Å². The first-order valence-electron chi connectivity index (χ1n) is 5.67. The molecule has 3 aliphatic carbocycles. The van der Waals surface area contributed by atoms with Crippen molar-refractivity contribution < 1.29 is 49.5 Å². The van der Waals surface area contributed by atoms with E-state index in [1.807, 2.05) is 0 Å². The molecule has 3 rings (SSSR count). The number of hydrogen-bond donors (Lipinski definition) is 0. The van der Waals surface area contributed by atoms with Gasteiger partial charge in [0.15, 0.2) is 0 Å². The summed E-state index contributed by atoms with van der Waals surface area (Å²) in [5, 5.41) is 0. The van der Waals surface area contributed by atoms with E-state index < -0.39 is 0 Å². The van der Waals surface area contributed by atoms with Crippen molar-refractivity contribution in [1.82, 2.24) is 0 Å². The summed E-state index contributed by atoms with van der Waals surface area (Å²) in [5.74, 6) is 0. The van der Waals surface area contributed by atoms with Crippen molar-refractivity contribution in [3.05, 3.63) is 43.8 Å². The Hall–Kier alpha value is 0.423. The van der Waals surface area contributed by atoms with Crippen LogP contribution < -0.4 is 24.8 Å². The van der Waals surface area contributed by atoms with Crippen molar-refractivity contribution in [3.63, 3.8) is 0 Å². The summed E-state index contributed by atoms with van der Waals surface area (Å²) in [5.41, 5.74) is 6.99. The summed E-state index contributed by atoms with van der Waals surface area (Å²) >= 11 is 1.61. The molecule has 0 aliphatic heterocycles. The van der Waals surface area contributed by atoms with Gasteiger partial charge in [-0.05, 0) is 0 Å². The molecule has 89 valence electrons. The normalized spacial score (nSPS) is 29.5. The number of rotatable bonds is 1. The molecule has 1 atom stereocenters. The number of halogens is 2. The van der Waals surface area contributed by atoms with E-state index in [-0.39, 0.29) is 24.8 Å². The van der Waals surface area contributed by atoms with Crippen molar-refractivity contribution in [3.8, 4) is 0 Å². The predicted molar refractivity (Wildman–Crippen MR) is 58.9 cm³/mol. The minimum absolute atomic E-state index is 0. The summed E-state index contributed by atoms with van der Waals surface area (Å²) in [7, 11) is 0. The number of allylic oxidation sites excluding steroid dienone is 8. The summed E-state index contributed by atoms with van der Waals surface area (Å²) in [6, 6.07) is 0. The molecule has 0 aromatic rings. The summed E-state index contributed by atoms with van der Waals surface area (Å²) in [4.78, 5) is 0. The van der Waals surface area contributed by atoms with Crippen molar-refractivity contribution in [2.45, 2.75) is 33.1 Å². The van der Waals surface area contributed by atoms with Crippen LogP contribution in [0.2, 0.25) is 0 Å². The van der Waals surface area contributed by atoms with Gasteiger partial charge < -0.3 is 24.8 Å². The first-order valence-corrected chi connectivity index (χ1v) is 6.90. The quantitative estimate of drug-likeness (QED) is 0.507. The third kappa shape index (κ3) is 1.90. The molecule has 0 saturated carbocycles. The molecule has 0 saturated heterocycles. The van der Waals surface area contributed by atoms with E-state index in [4.69, 9.17) is 0 Å². The topological polar surface area (TPSA) is 0 Å². The minimum Gasteiger partial charge on any atom is -1.00 e. The van der Waals surface area contributed by atoms with Gasteiger partial charge >= 0.3 is 107 Å². The Morgan fingerprint density at radius 3 is 2.35 bits per heavy atom. The Balaban J connectivity index is 0.000000722. The zero-order valence-electron chi connectivity index (χ0n) is 10.1. The second-order valence-corrected chi connectivity index (χ2v) is 6.14. The number of hydrogen-bond acceptors (Lipinski definition) is 0. The van der Waals surface area contributed by atoms with Crippen LogP contribution in [0.3, 0.4) is 0 Å². The van der Waals surface area contributed by atoms with Crippen LogP contribution in [0.5, 0.6) is 0 Å². The molecule has 3 heteroatoms. The second-order valence-electron chi connectivity index (χ2n) is 4.91. The molecular weight excluding hydrogens is 330 g/mol. The third-order valence-electron chi connectivity index (χ3n) is 4.33. The molecule has 0 amide bonds. The zero-order valence-corrected chi connectivity index (χ0v) is 14.1. The molecule has 0 fully saturated rings. The molecule has 0 bridgehead atoms. The molecule has 0 nitrogen and oxygen atoms in total. The van der Waals surface area contributed by atoms with Crippen LogP contribution in [-0.4, -0.2) is 0 Å². The third-order valence-corrected chi connectivity index (χ3v) is 6.48. The average Bonchev–Trinajstić information content (AvgIpc) is 2.70. The van der Waals surface area contributed by atoms with Gasteiger partial charge in [0, 0.05) is 0 Å². The molecule has 0 aromatic carbocycles. The molecular formula is C14H15Cl2Zr. The van der Waals surface area contributed by atoms with Crippen molar-refractivity contribution in [1.29, 1.82) is 0 Å². The molecule has 0 heterocycles. The molecule has 1 unspecified atom stereocenters. The van der Waals surface area contributed by atoms with Gasteiger partial charge in [-0.25, -0.2) is 0 Å². The van der Waals surface area contributed by atoms with Crippen molar-refractivity contribution >= 4 is 0 Å². The van der Waals surface area contributed by atoms with Crippen LogP contribution in [0.25, 0.3) is 0 Å². The zero-order chi connectivity index (χ0) is 10.6.